The lowest BCUT2D eigenvalue weighted by atomic mass is 9.92. The van der Waals surface area contributed by atoms with Crippen molar-refractivity contribution < 1.29 is 49.0 Å². The van der Waals surface area contributed by atoms with E-state index in [-0.39, 0.29) is 71.7 Å². The Balaban J connectivity index is 0.000000212. The van der Waals surface area contributed by atoms with Crippen LogP contribution in [0.25, 0.3) is 0 Å². The van der Waals surface area contributed by atoms with Gasteiger partial charge in [0.15, 0.2) is 16.1 Å². The minimum Gasteiger partial charge on any atom is -0.426 e. The van der Waals surface area contributed by atoms with Gasteiger partial charge in [-0.15, -0.1) is 0 Å². The number of urea groups is 1. The number of esters is 1. The molecular weight excluding hydrogens is 900 g/mol. The lowest BCUT2D eigenvalue weighted by Crippen LogP contribution is -2.48. The molecule has 0 spiro atoms. The molecule has 0 aliphatic carbocycles. The molecule has 4 aromatic heterocycles. The topological polar surface area (TPSA) is 227 Å². The molecule has 0 saturated carbocycles. The first kappa shape index (κ1) is 49.8. The van der Waals surface area contributed by atoms with Crippen molar-refractivity contribution in [2.45, 2.75) is 73.2 Å². The molecule has 340 valence electrons. The van der Waals surface area contributed by atoms with Gasteiger partial charge in [-0.2, -0.15) is 10.2 Å². The van der Waals surface area contributed by atoms with Crippen LogP contribution >= 0.6 is 23.2 Å². The third-order valence-corrected chi connectivity index (χ3v) is 15.5. The monoisotopic (exact) mass is 947 g/mol. The number of ether oxygens (including phenoxy) is 1. The van der Waals surface area contributed by atoms with Gasteiger partial charge in [-0.05, 0) is 64.8 Å². The van der Waals surface area contributed by atoms with Crippen molar-refractivity contribution in [1.82, 2.24) is 40.1 Å². The van der Waals surface area contributed by atoms with Crippen molar-refractivity contribution in [3.63, 3.8) is 0 Å². The summed E-state index contributed by atoms with van der Waals surface area (Å²) in [5.74, 6) is -0.864. The van der Waals surface area contributed by atoms with Gasteiger partial charge in [-0.1, -0.05) is 59.1 Å². The zero-order valence-corrected chi connectivity index (χ0v) is 36.6. The molecule has 2 fully saturated rings. The molecule has 7 rings (SSSR count). The van der Waals surface area contributed by atoms with Crippen molar-refractivity contribution in [3.05, 3.63) is 83.4 Å². The van der Waals surface area contributed by atoms with E-state index in [2.05, 4.69) is 40.2 Å². The molecule has 2 atom stereocenters. The van der Waals surface area contributed by atoms with Gasteiger partial charge in [0.05, 0.1) is 12.1 Å². The van der Waals surface area contributed by atoms with Crippen LogP contribution < -0.4 is 15.4 Å². The van der Waals surface area contributed by atoms with Crippen LogP contribution in [0.2, 0.25) is 10.3 Å². The summed E-state index contributed by atoms with van der Waals surface area (Å²) in [5, 5.41) is 15.1. The summed E-state index contributed by atoms with van der Waals surface area (Å²) >= 11 is 11.6. The van der Waals surface area contributed by atoms with Crippen LogP contribution in [-0.2, 0) is 45.0 Å². The maximum absolute atomic E-state index is 15.4. The van der Waals surface area contributed by atoms with E-state index in [1.54, 1.807) is 37.4 Å². The van der Waals surface area contributed by atoms with Crippen LogP contribution in [-0.4, -0.2) is 99.8 Å². The van der Waals surface area contributed by atoms with E-state index in [0.717, 1.165) is 13.8 Å². The number of alkyl halides is 2. The predicted molar refractivity (Wildman–Crippen MR) is 224 cm³/mol. The van der Waals surface area contributed by atoms with Gasteiger partial charge >= 0.3 is 12.0 Å². The summed E-state index contributed by atoms with van der Waals surface area (Å²) in [6, 6.07) is 11.6. The number of carbonyl (C=O) groups is 2. The van der Waals surface area contributed by atoms with Crippen molar-refractivity contribution in [2.24, 2.45) is 25.9 Å². The molecule has 6 heterocycles. The second-order valence-corrected chi connectivity index (χ2v) is 19.7. The van der Waals surface area contributed by atoms with Crippen molar-refractivity contribution in [2.75, 3.05) is 31.5 Å². The lowest BCUT2D eigenvalue weighted by molar-refractivity contribution is -0.133. The minimum absolute atomic E-state index is 0. The van der Waals surface area contributed by atoms with Crippen molar-refractivity contribution in [1.29, 1.82) is 0 Å². The highest BCUT2D eigenvalue weighted by Gasteiger charge is 2.51. The number of halogens is 4. The van der Waals surface area contributed by atoms with Gasteiger partial charge in [-0.25, -0.2) is 30.4 Å². The second-order valence-electron chi connectivity index (χ2n) is 14.4. The number of likely N-dealkylation sites (tertiary alicyclic amines) is 1. The highest BCUT2D eigenvalue weighted by Crippen LogP contribution is 2.42. The standard InChI is InChI=1S/C15H19ClFN5O4S.C11H17ClFN3O2S.C11H9NO3.CH4/c1-15(17,27(24,25)11-9-21(2)19-13(11)16)10-3-6-22(7-4-10)14(23)18-12-5-8-26-20-12;1-11(13,8-3-5-14-6-4-8)19(17,18)9-7-16(2)15-10(9)12;13-11(8-9-6-7-14-12-9)15-10-4-2-1-3-5-10;/h5,8-10H,3-4,6-7H2,1-2H3,(H,18,20,23);7-8,14H,3-6H2,1-2H3;1-7H,8H2;1H4. The Kier molecular flexibility index (Phi) is 16.8. The van der Waals surface area contributed by atoms with Crippen LogP contribution in [0.15, 0.2) is 86.2 Å². The fourth-order valence-corrected chi connectivity index (χ4v) is 10.9. The molecule has 18 nitrogen and oxygen atoms in total. The number of aryl methyl sites for hydroxylation is 2. The molecule has 2 amide bonds. The zero-order valence-electron chi connectivity index (χ0n) is 33.5. The van der Waals surface area contributed by atoms with E-state index in [1.165, 1.54) is 52.3 Å². The number of nitrogens with zero attached hydrogens (tertiary/aromatic N) is 7. The maximum atomic E-state index is 15.4. The fraction of sp³-hybridized carbons (Fsp3) is 0.474. The molecule has 5 aromatic rings. The summed E-state index contributed by atoms with van der Waals surface area (Å²) in [4.78, 5) is 24.5. The number of hydrogen-bond acceptors (Lipinski definition) is 14. The predicted octanol–water partition coefficient (Wildman–Crippen LogP) is 6.46. The molecule has 0 bridgehead atoms. The SMILES string of the molecule is C.Cn1cc(S(=O)(=O)C(C)(F)C2CCN(C(=O)Nc3ccon3)CC2)c(Cl)n1.Cn1cc(S(=O)(=O)C(C)(F)C2CCNCC2)c(Cl)n1.O=C(Cc1ccon1)Oc1ccccc1. The maximum Gasteiger partial charge on any atom is 0.323 e. The Hall–Kier alpha value is -4.90. The number of piperidine rings is 2. The van der Waals surface area contributed by atoms with E-state index >= 15 is 4.39 Å². The average Bonchev–Trinajstić information content (AvgIpc) is 4.06. The third-order valence-electron chi connectivity index (χ3n) is 10.2. The highest BCUT2D eigenvalue weighted by molar-refractivity contribution is 7.93. The number of aromatic nitrogens is 6. The van der Waals surface area contributed by atoms with Gasteiger partial charge < -0.3 is 24.0 Å². The summed E-state index contributed by atoms with van der Waals surface area (Å²) in [5.41, 5.74) is 0.566. The minimum atomic E-state index is -4.35. The molecule has 62 heavy (non-hydrogen) atoms. The first-order chi connectivity index (χ1) is 28.7. The Bertz CT molecular complexity index is 2440. The largest absolute Gasteiger partial charge is 0.426 e. The van der Waals surface area contributed by atoms with Crippen molar-refractivity contribution >= 4 is 60.7 Å². The van der Waals surface area contributed by atoms with Gasteiger partial charge in [0.2, 0.25) is 29.7 Å². The molecule has 1 aromatic carbocycles. The first-order valence-electron chi connectivity index (χ1n) is 18.8. The molecule has 2 aliphatic heterocycles. The third kappa shape index (κ3) is 11.8. The number of benzene rings is 1. The molecule has 24 heteroatoms. The molecule has 0 radical (unpaired) electrons. The normalized spacial score (nSPS) is 16.9. The summed E-state index contributed by atoms with van der Waals surface area (Å²) in [7, 11) is -5.45. The van der Waals surface area contributed by atoms with Crippen LogP contribution in [0.4, 0.5) is 19.4 Å². The number of amides is 2. The number of carbonyl (C=O) groups excluding carboxylic acids is 2. The highest BCUT2D eigenvalue weighted by atomic mass is 35.5. The number of para-hydroxylation sites is 1. The van der Waals surface area contributed by atoms with E-state index in [9.17, 15) is 30.8 Å². The lowest BCUT2D eigenvalue weighted by Gasteiger charge is -2.37. The number of rotatable bonds is 10. The summed E-state index contributed by atoms with van der Waals surface area (Å²) in [6.07, 6.45) is 6.66. The molecule has 2 saturated heterocycles. The average molecular weight is 949 g/mol. The van der Waals surface area contributed by atoms with Gasteiger partial charge in [0, 0.05) is 63.5 Å². The van der Waals surface area contributed by atoms with Crippen LogP contribution in [0.5, 0.6) is 5.75 Å². The van der Waals surface area contributed by atoms with E-state index in [4.69, 9.17) is 27.9 Å². The van der Waals surface area contributed by atoms with Crippen LogP contribution in [0.1, 0.15) is 52.7 Å². The van der Waals surface area contributed by atoms with Gasteiger partial charge in [0.1, 0.15) is 28.1 Å². The van der Waals surface area contributed by atoms with E-state index in [1.807, 2.05) is 6.07 Å². The zero-order chi connectivity index (χ0) is 44.6. The quantitative estimate of drug-likeness (QED) is 0.113. The Morgan fingerprint density at radius 2 is 1.32 bits per heavy atom. The molecule has 2 unspecified atom stereocenters. The van der Waals surface area contributed by atoms with Crippen molar-refractivity contribution in [3.8, 4) is 5.75 Å². The Morgan fingerprint density at radius 1 is 0.823 bits per heavy atom. The fourth-order valence-electron chi connectivity index (χ4n) is 6.64. The van der Waals surface area contributed by atoms with Gasteiger partial charge in [0.25, 0.3) is 0 Å². The summed E-state index contributed by atoms with van der Waals surface area (Å²) in [6.45, 7) is 3.85. The first-order valence-corrected chi connectivity index (χ1v) is 22.5. The molecule has 2 aliphatic rings. The number of sulfone groups is 2. The number of nitrogens with one attached hydrogen (secondary N) is 2. The number of hydrogen-bond donors (Lipinski definition) is 2. The summed E-state index contributed by atoms with van der Waals surface area (Å²) < 4.78 is 97.7. The molecule has 2 N–H and O–H groups in total. The van der Waals surface area contributed by atoms with Crippen LogP contribution in [0.3, 0.4) is 0 Å². The second kappa shape index (κ2) is 21.0. The smallest absolute Gasteiger partial charge is 0.323 e. The molecular formula is C38H49Cl2F2N9O9S2. The Labute approximate surface area is 368 Å². The van der Waals surface area contributed by atoms with E-state index < -0.39 is 47.5 Å². The Morgan fingerprint density at radius 3 is 1.77 bits per heavy atom. The van der Waals surface area contributed by atoms with E-state index in [0.29, 0.717) is 37.4 Å². The van der Waals surface area contributed by atoms with Crippen LogP contribution in [0, 0.1) is 11.8 Å². The number of anilines is 1. The van der Waals surface area contributed by atoms with Gasteiger partial charge in [-0.3, -0.25) is 19.5 Å².